The van der Waals surface area contributed by atoms with Crippen LogP contribution in [0, 0.1) is 0 Å². The number of rotatable bonds is 5. The van der Waals surface area contributed by atoms with Gasteiger partial charge in [-0.15, -0.1) is 0 Å². The summed E-state index contributed by atoms with van der Waals surface area (Å²) >= 11 is 0. The van der Waals surface area contributed by atoms with Crippen molar-refractivity contribution in [2.45, 2.75) is 32.1 Å². The fourth-order valence-electron chi connectivity index (χ4n) is 4.15. The number of nitrogens with one attached hydrogen (secondary N) is 1. The molecule has 0 bridgehead atoms. The molecular formula is C25H26N4O3. The van der Waals surface area contributed by atoms with Gasteiger partial charge in [0.25, 0.3) is 0 Å². The normalized spacial score (nSPS) is 14.7. The van der Waals surface area contributed by atoms with Crippen LogP contribution in [-0.4, -0.2) is 32.7 Å². The van der Waals surface area contributed by atoms with Crippen molar-refractivity contribution in [1.29, 1.82) is 0 Å². The van der Waals surface area contributed by atoms with Crippen LogP contribution < -0.4 is 10.3 Å². The molecule has 0 atom stereocenters. The van der Waals surface area contributed by atoms with Gasteiger partial charge in [-0.05, 0) is 49.1 Å². The average molecular weight is 431 g/mol. The van der Waals surface area contributed by atoms with Crippen LogP contribution in [0.4, 0.5) is 0 Å². The van der Waals surface area contributed by atoms with E-state index in [1.54, 1.807) is 23.9 Å². The summed E-state index contributed by atoms with van der Waals surface area (Å²) in [4.78, 5) is 24.7. The number of imidazole rings is 1. The van der Waals surface area contributed by atoms with Gasteiger partial charge in [-0.3, -0.25) is 9.78 Å². The van der Waals surface area contributed by atoms with Crippen LogP contribution in [0.5, 0.6) is 11.5 Å². The summed E-state index contributed by atoms with van der Waals surface area (Å²) in [7, 11) is 1.75. The van der Waals surface area contributed by atoms with Gasteiger partial charge < -0.3 is 19.0 Å². The molecule has 1 saturated heterocycles. The zero-order valence-corrected chi connectivity index (χ0v) is 18.3. The van der Waals surface area contributed by atoms with E-state index < -0.39 is 0 Å². The van der Waals surface area contributed by atoms with E-state index in [-0.39, 0.29) is 5.56 Å². The summed E-state index contributed by atoms with van der Waals surface area (Å²) in [6, 6.07) is 9.44. The molecule has 0 aliphatic carbocycles. The molecule has 1 aliphatic rings. The number of ether oxygens (including phenoxy) is 2. The number of fused-ring (bicyclic) bond motifs is 1. The number of pyridine rings is 2. The molecule has 1 aromatic carbocycles. The molecule has 0 spiro atoms. The highest BCUT2D eigenvalue weighted by Gasteiger charge is 2.22. The molecule has 0 saturated carbocycles. The minimum absolute atomic E-state index is 0.0567. The van der Waals surface area contributed by atoms with Gasteiger partial charge >= 0.3 is 0 Å². The predicted octanol–water partition coefficient (Wildman–Crippen LogP) is 4.57. The third-order valence-electron chi connectivity index (χ3n) is 6.03. The topological polar surface area (TPSA) is 82.0 Å². The number of aryl methyl sites for hydroxylation is 2. The van der Waals surface area contributed by atoms with E-state index in [4.69, 9.17) is 14.5 Å². The van der Waals surface area contributed by atoms with Crippen LogP contribution >= 0.6 is 0 Å². The molecule has 7 nitrogen and oxygen atoms in total. The van der Waals surface area contributed by atoms with Crippen molar-refractivity contribution in [2.24, 2.45) is 7.05 Å². The molecule has 1 aliphatic heterocycles. The number of aromatic nitrogens is 4. The van der Waals surface area contributed by atoms with Gasteiger partial charge in [0.2, 0.25) is 5.56 Å². The minimum atomic E-state index is -0.0567. The Morgan fingerprint density at radius 1 is 1.19 bits per heavy atom. The van der Waals surface area contributed by atoms with Crippen molar-refractivity contribution in [1.82, 2.24) is 19.5 Å². The van der Waals surface area contributed by atoms with Gasteiger partial charge in [0.1, 0.15) is 17.1 Å². The van der Waals surface area contributed by atoms with Crippen LogP contribution in [-0.2, 0) is 18.2 Å². The van der Waals surface area contributed by atoms with Gasteiger partial charge in [-0.1, -0.05) is 6.92 Å². The second kappa shape index (κ2) is 8.59. The molecule has 0 unspecified atom stereocenters. The Bertz CT molecular complexity index is 1320. The minimum Gasteiger partial charge on any atom is -0.453 e. The summed E-state index contributed by atoms with van der Waals surface area (Å²) in [6.45, 7) is 3.60. The van der Waals surface area contributed by atoms with Gasteiger partial charge in [-0.2, -0.15) is 0 Å². The number of hydrogen-bond donors (Lipinski definition) is 1. The van der Waals surface area contributed by atoms with Crippen molar-refractivity contribution in [3.05, 3.63) is 70.7 Å². The average Bonchev–Trinajstić information content (AvgIpc) is 3.27. The van der Waals surface area contributed by atoms with Crippen molar-refractivity contribution < 1.29 is 9.47 Å². The first-order valence-electron chi connectivity index (χ1n) is 11.0. The lowest BCUT2D eigenvalue weighted by Crippen LogP contribution is -2.15. The van der Waals surface area contributed by atoms with Crippen LogP contribution in [0.25, 0.3) is 22.2 Å². The predicted molar refractivity (Wildman–Crippen MR) is 123 cm³/mol. The van der Waals surface area contributed by atoms with Crippen molar-refractivity contribution in [3.8, 4) is 22.6 Å². The maximum atomic E-state index is 11.9. The van der Waals surface area contributed by atoms with Gasteiger partial charge in [0.05, 0.1) is 11.7 Å². The highest BCUT2D eigenvalue weighted by Crippen LogP contribution is 2.39. The highest BCUT2D eigenvalue weighted by atomic mass is 16.5. The number of hydrogen-bond acceptors (Lipinski definition) is 5. The Balaban J connectivity index is 1.66. The zero-order valence-electron chi connectivity index (χ0n) is 18.3. The van der Waals surface area contributed by atoms with E-state index >= 15 is 0 Å². The summed E-state index contributed by atoms with van der Waals surface area (Å²) in [5.41, 5.74) is 4.51. The monoisotopic (exact) mass is 430 g/mol. The quantitative estimate of drug-likeness (QED) is 0.501. The van der Waals surface area contributed by atoms with Crippen LogP contribution in [0.15, 0.2) is 53.7 Å². The molecular weight excluding hydrogens is 404 g/mol. The smallest absolute Gasteiger partial charge is 0.250 e. The lowest BCUT2D eigenvalue weighted by Gasteiger charge is -2.19. The van der Waals surface area contributed by atoms with Crippen molar-refractivity contribution in [3.63, 3.8) is 0 Å². The van der Waals surface area contributed by atoms with Crippen LogP contribution in [0.1, 0.15) is 37.1 Å². The molecule has 4 aromatic rings. The Labute approximate surface area is 186 Å². The first-order chi connectivity index (χ1) is 15.6. The second-order valence-corrected chi connectivity index (χ2v) is 8.20. The van der Waals surface area contributed by atoms with E-state index in [9.17, 15) is 4.79 Å². The van der Waals surface area contributed by atoms with Crippen molar-refractivity contribution >= 4 is 11.0 Å². The largest absolute Gasteiger partial charge is 0.453 e. The standard InChI is InChI=1S/C25H26N4O3/c1-3-16-12-19(14-26-13-16)32-24-20(18-4-7-22(30)29(2)15-18)5-6-21-23(24)28-25(27-21)17-8-10-31-11-9-17/h4-7,12-15,17H,3,8-11H2,1-2H3,(H,27,28). The van der Waals surface area contributed by atoms with Gasteiger partial charge in [-0.25, -0.2) is 4.98 Å². The first kappa shape index (κ1) is 20.5. The first-order valence-corrected chi connectivity index (χ1v) is 11.0. The van der Waals surface area contributed by atoms with E-state index in [1.807, 2.05) is 36.7 Å². The molecule has 5 rings (SSSR count). The summed E-state index contributed by atoms with van der Waals surface area (Å²) in [5, 5.41) is 0. The van der Waals surface area contributed by atoms with E-state index in [1.165, 1.54) is 0 Å². The second-order valence-electron chi connectivity index (χ2n) is 8.20. The maximum absolute atomic E-state index is 11.9. The Hall–Kier alpha value is -3.45. The number of nitrogens with zero attached hydrogens (tertiary/aromatic N) is 3. The molecule has 4 heterocycles. The van der Waals surface area contributed by atoms with E-state index in [0.29, 0.717) is 17.4 Å². The molecule has 1 fully saturated rings. The highest BCUT2D eigenvalue weighted by molar-refractivity contribution is 5.91. The number of H-pyrrole nitrogens is 1. The summed E-state index contributed by atoms with van der Waals surface area (Å²) in [5.74, 6) is 2.63. The third kappa shape index (κ3) is 3.91. The number of aromatic amines is 1. The Morgan fingerprint density at radius 3 is 2.81 bits per heavy atom. The molecule has 3 aromatic heterocycles. The molecule has 7 heteroatoms. The molecule has 164 valence electrons. The third-order valence-corrected chi connectivity index (χ3v) is 6.03. The summed E-state index contributed by atoms with van der Waals surface area (Å²) < 4.78 is 13.5. The molecule has 0 amide bonds. The van der Waals surface area contributed by atoms with Crippen molar-refractivity contribution in [2.75, 3.05) is 13.2 Å². The van der Waals surface area contributed by atoms with Gasteiger partial charge in [0, 0.05) is 55.8 Å². The molecule has 1 N–H and O–H groups in total. The molecule has 32 heavy (non-hydrogen) atoms. The number of benzene rings is 1. The SMILES string of the molecule is CCc1cncc(Oc2c(-c3ccc(=O)n(C)c3)ccc3[nH]c(C4CCOCC4)nc23)c1. The lowest BCUT2D eigenvalue weighted by molar-refractivity contribution is 0.0838. The maximum Gasteiger partial charge on any atom is 0.250 e. The molecule has 0 radical (unpaired) electrons. The van der Waals surface area contributed by atoms with E-state index in [0.717, 1.165) is 66.0 Å². The Kier molecular flexibility index (Phi) is 5.49. The zero-order chi connectivity index (χ0) is 22.1. The fourth-order valence-corrected chi connectivity index (χ4v) is 4.15. The lowest BCUT2D eigenvalue weighted by atomic mass is 10.00. The fraction of sp³-hybridized carbons (Fsp3) is 0.320. The van der Waals surface area contributed by atoms with Crippen LogP contribution in [0.2, 0.25) is 0 Å². The Morgan fingerprint density at radius 2 is 2.03 bits per heavy atom. The van der Waals surface area contributed by atoms with Crippen LogP contribution in [0.3, 0.4) is 0 Å². The van der Waals surface area contributed by atoms with E-state index in [2.05, 4.69) is 16.9 Å². The summed E-state index contributed by atoms with van der Waals surface area (Å²) in [6.07, 6.45) is 8.16. The van der Waals surface area contributed by atoms with Gasteiger partial charge in [0.15, 0.2) is 5.75 Å².